The Morgan fingerprint density at radius 1 is 0.750 bits per heavy atom. The van der Waals surface area contributed by atoms with Crippen LogP contribution in [0.4, 0.5) is 0 Å². The first-order valence-corrected chi connectivity index (χ1v) is 14.3. The third-order valence-electron chi connectivity index (χ3n) is 4.43. The standard InChI is InChI=1S/C21H18.2ClH.Zr/c1-15-10-11-16(14-15)12-13-21-19-8-4-2-6-17(19)18-7-3-5-9-20(18)21;;;/h2-11,14H,12-13H2,1H3;2*1H;/q;;;+2/p-2. The van der Waals surface area contributed by atoms with Crippen molar-refractivity contribution in [3.8, 4) is 0 Å². The van der Waals surface area contributed by atoms with Gasteiger partial charge in [0.15, 0.2) is 0 Å². The van der Waals surface area contributed by atoms with Gasteiger partial charge in [0, 0.05) is 23.7 Å². The summed E-state index contributed by atoms with van der Waals surface area (Å²) in [5.41, 5.74) is 0. The third-order valence-corrected chi connectivity index (χ3v) is 4.43. The monoisotopic (exact) mass is 430 g/mol. The van der Waals surface area contributed by atoms with Crippen molar-refractivity contribution in [3.05, 3.63) is 109 Å². The molecule has 2 fully saturated rings. The molecule has 4 aliphatic carbocycles. The van der Waals surface area contributed by atoms with Gasteiger partial charge in [0.25, 0.3) is 0 Å². The molecule has 3 heteroatoms. The van der Waals surface area contributed by atoms with Crippen molar-refractivity contribution in [2.45, 2.75) is 19.8 Å². The second kappa shape index (κ2) is 9.39. The molecule has 2 saturated carbocycles. The molecule has 4 rings (SSSR count). The Morgan fingerprint density at radius 3 is 1.71 bits per heavy atom. The van der Waals surface area contributed by atoms with Gasteiger partial charge in [-0.3, -0.25) is 0 Å². The first kappa shape index (κ1) is 19.2. The Kier molecular flexibility index (Phi) is 7.51. The van der Waals surface area contributed by atoms with Gasteiger partial charge in [-0.05, 0) is 49.9 Å². The molecule has 0 spiro atoms. The summed E-state index contributed by atoms with van der Waals surface area (Å²) in [6.07, 6.45) is 26.6. The quantitative estimate of drug-likeness (QED) is 0.507. The molecule has 0 bridgehead atoms. The van der Waals surface area contributed by atoms with Crippen molar-refractivity contribution in [2.24, 2.45) is 0 Å². The first-order chi connectivity index (χ1) is 11.7. The van der Waals surface area contributed by atoms with Crippen LogP contribution >= 0.6 is 17.0 Å². The van der Waals surface area contributed by atoms with Gasteiger partial charge in [0.2, 0.25) is 0 Å². The van der Waals surface area contributed by atoms with Crippen LogP contribution in [-0.4, -0.2) is 0 Å². The van der Waals surface area contributed by atoms with E-state index >= 15 is 0 Å². The molecule has 0 aromatic heterocycles. The van der Waals surface area contributed by atoms with Crippen LogP contribution in [0, 0.1) is 60.7 Å². The fourth-order valence-corrected chi connectivity index (χ4v) is 3.43. The summed E-state index contributed by atoms with van der Waals surface area (Å²) in [6.45, 7) is 2.16. The molecule has 0 amide bonds. The summed E-state index contributed by atoms with van der Waals surface area (Å²) in [7, 11) is 9.87. The average molecular weight is 433 g/mol. The molecular weight excluding hydrogens is 414 g/mol. The van der Waals surface area contributed by atoms with E-state index in [0.29, 0.717) is 0 Å². The molecule has 0 unspecified atom stereocenters. The van der Waals surface area contributed by atoms with Gasteiger partial charge in [-0.2, -0.15) is 0 Å². The van der Waals surface area contributed by atoms with E-state index in [9.17, 15) is 0 Å². The number of fused-ring (bicyclic) bond motifs is 3. The number of hydrogen-bond donors (Lipinski definition) is 0. The Morgan fingerprint density at radius 2 is 1.25 bits per heavy atom. The summed E-state index contributed by atoms with van der Waals surface area (Å²) in [6, 6.07) is 0. The topological polar surface area (TPSA) is 0 Å². The molecule has 0 saturated heterocycles. The molecule has 0 aromatic rings. The Labute approximate surface area is 166 Å². The van der Waals surface area contributed by atoms with Crippen LogP contribution in [0.1, 0.15) is 19.8 Å². The van der Waals surface area contributed by atoms with Gasteiger partial charge < -0.3 is 0 Å². The second-order valence-electron chi connectivity index (χ2n) is 5.94. The molecule has 10 radical (unpaired) electrons. The molecule has 0 aromatic carbocycles. The molecule has 120 valence electrons. The zero-order chi connectivity index (χ0) is 16.9. The van der Waals surface area contributed by atoms with E-state index in [2.05, 4.69) is 74.8 Å². The number of hydrogen-bond acceptors (Lipinski definition) is 0. The van der Waals surface area contributed by atoms with Gasteiger partial charge >= 0.3 is 37.9 Å². The van der Waals surface area contributed by atoms with Crippen LogP contribution in [0.3, 0.4) is 0 Å². The van der Waals surface area contributed by atoms with E-state index in [4.69, 9.17) is 17.0 Å². The van der Waals surface area contributed by atoms with Gasteiger partial charge in [0.1, 0.15) is 0 Å². The number of halogens is 2. The zero-order valence-electron chi connectivity index (χ0n) is 13.5. The fraction of sp³-hybridized carbons (Fsp3) is 0.143. The minimum absolute atomic E-state index is 0.826. The predicted molar refractivity (Wildman–Crippen MR) is 98.8 cm³/mol. The molecule has 0 atom stereocenters. The fourth-order valence-electron chi connectivity index (χ4n) is 3.43. The molecule has 24 heavy (non-hydrogen) atoms. The predicted octanol–water partition coefficient (Wildman–Crippen LogP) is 6.08. The maximum absolute atomic E-state index is 4.93. The van der Waals surface area contributed by atoms with Crippen LogP contribution in [0.15, 0.2) is 48.6 Å². The van der Waals surface area contributed by atoms with E-state index in [1.54, 1.807) is 0 Å². The van der Waals surface area contributed by atoms with Gasteiger partial charge in [-0.25, -0.2) is 0 Å². The minimum atomic E-state index is -0.826. The average Bonchev–Trinajstić information content (AvgIpc) is 3.15. The van der Waals surface area contributed by atoms with E-state index in [0.717, 1.165) is 12.8 Å². The van der Waals surface area contributed by atoms with Gasteiger partial charge in [-0.15, -0.1) is 0 Å². The third kappa shape index (κ3) is 4.39. The SMILES string of the molecule is C[C]1[CH][CH][C](CC[C]2[C]3C=CC=C[C]3[C]3C=CC=C[C]32)[CH]1.[Cl][Zr][Cl]. The summed E-state index contributed by atoms with van der Waals surface area (Å²) < 4.78 is 0. The molecule has 0 nitrogen and oxygen atoms in total. The Bertz CT molecular complexity index is 488. The van der Waals surface area contributed by atoms with Crippen LogP contribution in [0.2, 0.25) is 0 Å². The van der Waals surface area contributed by atoms with E-state index < -0.39 is 20.8 Å². The summed E-state index contributed by atoms with van der Waals surface area (Å²) >= 11 is -0.826. The maximum atomic E-state index is 4.93. The molecular formula is C21H18Cl2Zr. The Hall–Kier alpha value is 0.423. The van der Waals surface area contributed by atoms with Crippen molar-refractivity contribution in [1.82, 2.24) is 0 Å². The van der Waals surface area contributed by atoms with Crippen molar-refractivity contribution in [1.29, 1.82) is 0 Å². The van der Waals surface area contributed by atoms with Crippen LogP contribution in [0.25, 0.3) is 0 Å². The number of allylic oxidation sites excluding steroid dienone is 8. The zero-order valence-corrected chi connectivity index (χ0v) is 17.5. The van der Waals surface area contributed by atoms with Crippen molar-refractivity contribution in [3.63, 3.8) is 0 Å². The second-order valence-corrected chi connectivity index (χ2v) is 9.67. The normalized spacial score (nSPS) is 25.8. The van der Waals surface area contributed by atoms with Crippen LogP contribution < -0.4 is 0 Å². The van der Waals surface area contributed by atoms with E-state index in [1.807, 2.05) is 0 Å². The van der Waals surface area contributed by atoms with E-state index in [1.165, 1.54) is 41.4 Å². The first-order valence-electron chi connectivity index (χ1n) is 7.98. The molecule has 0 N–H and O–H groups in total. The molecule has 4 aliphatic rings. The van der Waals surface area contributed by atoms with Crippen molar-refractivity contribution >= 4 is 17.0 Å². The van der Waals surface area contributed by atoms with Gasteiger partial charge in [-0.1, -0.05) is 55.5 Å². The van der Waals surface area contributed by atoms with Gasteiger partial charge in [0.05, 0.1) is 0 Å². The van der Waals surface area contributed by atoms with E-state index in [-0.39, 0.29) is 0 Å². The van der Waals surface area contributed by atoms with Crippen molar-refractivity contribution < 1.29 is 20.8 Å². The van der Waals surface area contributed by atoms with Crippen LogP contribution in [-0.2, 0) is 20.8 Å². The Balaban J connectivity index is 0.000000526. The summed E-state index contributed by atoms with van der Waals surface area (Å²) in [5, 5.41) is 0. The van der Waals surface area contributed by atoms with Crippen LogP contribution in [0.5, 0.6) is 0 Å². The number of rotatable bonds is 3. The van der Waals surface area contributed by atoms with Crippen molar-refractivity contribution in [2.75, 3.05) is 0 Å². The molecule has 0 heterocycles. The summed E-state index contributed by atoms with van der Waals surface area (Å²) in [5.74, 6) is 9.93. The summed E-state index contributed by atoms with van der Waals surface area (Å²) in [4.78, 5) is 0. The molecule has 0 aliphatic heterocycles.